The fourth-order valence-electron chi connectivity index (χ4n) is 2.35. The first-order chi connectivity index (χ1) is 10.2. The summed E-state index contributed by atoms with van der Waals surface area (Å²) in [5, 5.41) is 10.8. The Hall–Kier alpha value is -2.32. The van der Waals surface area contributed by atoms with Gasteiger partial charge < -0.3 is 5.11 Å². The van der Waals surface area contributed by atoms with Crippen molar-refractivity contribution in [3.63, 3.8) is 0 Å². The summed E-state index contributed by atoms with van der Waals surface area (Å²) in [6, 6.07) is 19.2. The Morgan fingerprint density at radius 3 is 2.14 bits per heavy atom. The summed E-state index contributed by atoms with van der Waals surface area (Å²) in [5.41, 5.74) is 2.12. The van der Waals surface area contributed by atoms with Gasteiger partial charge in [-0.25, -0.2) is 4.39 Å². The molecular weight excluding hydrogens is 287 g/mol. The van der Waals surface area contributed by atoms with Gasteiger partial charge in [-0.3, -0.25) is 0 Å². The largest absolute Gasteiger partial charge is 0.507 e. The van der Waals surface area contributed by atoms with E-state index in [1.165, 1.54) is 6.07 Å². The second-order valence-electron chi connectivity index (χ2n) is 4.66. The lowest BCUT2D eigenvalue weighted by molar-refractivity contribution is 0.478. The predicted octanol–water partition coefficient (Wildman–Crippen LogP) is 5.52. The minimum atomic E-state index is -0.456. The summed E-state index contributed by atoms with van der Waals surface area (Å²) in [7, 11) is 0. The van der Waals surface area contributed by atoms with Crippen LogP contribution in [0.5, 0.6) is 5.75 Å². The molecule has 21 heavy (non-hydrogen) atoms. The quantitative estimate of drug-likeness (QED) is 0.660. The predicted molar refractivity (Wildman–Crippen MR) is 83.9 cm³/mol. The van der Waals surface area contributed by atoms with E-state index in [1.54, 1.807) is 30.3 Å². The molecule has 104 valence electrons. The molecule has 3 rings (SSSR count). The van der Waals surface area contributed by atoms with Crippen molar-refractivity contribution >= 4 is 11.6 Å². The van der Waals surface area contributed by atoms with Gasteiger partial charge in [0.05, 0.1) is 5.02 Å². The van der Waals surface area contributed by atoms with E-state index in [-0.39, 0.29) is 16.3 Å². The Labute approximate surface area is 127 Å². The van der Waals surface area contributed by atoms with E-state index in [2.05, 4.69) is 0 Å². The number of halogens is 2. The average Bonchev–Trinajstić information content (AvgIpc) is 2.49. The fourth-order valence-corrected chi connectivity index (χ4v) is 2.62. The van der Waals surface area contributed by atoms with E-state index in [9.17, 15) is 9.50 Å². The third-order valence-corrected chi connectivity index (χ3v) is 3.67. The maximum atomic E-state index is 14.1. The third-order valence-electron chi connectivity index (χ3n) is 3.35. The van der Waals surface area contributed by atoms with Gasteiger partial charge in [0.25, 0.3) is 0 Å². The Balaban J connectivity index is 2.23. The van der Waals surface area contributed by atoms with Crippen LogP contribution in [0.1, 0.15) is 0 Å². The smallest absolute Gasteiger partial charge is 0.132 e. The minimum absolute atomic E-state index is 0.0238. The molecule has 1 nitrogen and oxygen atoms in total. The molecule has 0 spiro atoms. The highest BCUT2D eigenvalue weighted by atomic mass is 35.5. The van der Waals surface area contributed by atoms with Crippen molar-refractivity contribution in [1.29, 1.82) is 0 Å². The van der Waals surface area contributed by atoms with Gasteiger partial charge in [-0.2, -0.15) is 0 Å². The number of para-hydroxylation sites is 1. The van der Waals surface area contributed by atoms with Gasteiger partial charge in [0.2, 0.25) is 0 Å². The van der Waals surface area contributed by atoms with Crippen LogP contribution < -0.4 is 0 Å². The molecule has 0 fully saturated rings. The first-order valence-electron chi connectivity index (χ1n) is 6.50. The lowest BCUT2D eigenvalue weighted by atomic mass is 9.97. The Kier molecular flexibility index (Phi) is 3.63. The molecule has 0 radical (unpaired) electrons. The van der Waals surface area contributed by atoms with Gasteiger partial charge in [-0.15, -0.1) is 0 Å². The van der Waals surface area contributed by atoms with E-state index >= 15 is 0 Å². The van der Waals surface area contributed by atoms with Gasteiger partial charge >= 0.3 is 0 Å². The molecule has 0 atom stereocenters. The molecule has 0 aliphatic carbocycles. The third kappa shape index (κ3) is 2.50. The first kappa shape index (κ1) is 13.7. The van der Waals surface area contributed by atoms with Crippen molar-refractivity contribution in [3.8, 4) is 28.0 Å². The fraction of sp³-hybridized carbons (Fsp3) is 0. The molecule has 3 aromatic carbocycles. The molecule has 3 heteroatoms. The molecule has 0 saturated heterocycles. The highest BCUT2D eigenvalue weighted by molar-refractivity contribution is 6.33. The van der Waals surface area contributed by atoms with Crippen molar-refractivity contribution in [2.45, 2.75) is 0 Å². The summed E-state index contributed by atoms with van der Waals surface area (Å²) < 4.78 is 14.1. The number of phenols is 1. The summed E-state index contributed by atoms with van der Waals surface area (Å²) in [5.74, 6) is -0.432. The van der Waals surface area contributed by atoms with Crippen molar-refractivity contribution in [1.82, 2.24) is 0 Å². The number of hydrogen-bond donors (Lipinski definition) is 1. The molecule has 0 heterocycles. The standard InChI is InChI=1S/C18H12ClFO/c19-15-10-5-11-16(20)17(15)14-9-4-8-13(18(14)21)12-6-2-1-3-7-12/h1-11,21H. The maximum absolute atomic E-state index is 14.1. The van der Waals surface area contributed by atoms with Crippen LogP contribution in [0.4, 0.5) is 4.39 Å². The zero-order valence-electron chi connectivity index (χ0n) is 11.1. The summed E-state index contributed by atoms with van der Waals surface area (Å²) in [6.07, 6.45) is 0. The van der Waals surface area contributed by atoms with Crippen LogP contribution >= 0.6 is 11.6 Å². The number of phenolic OH excluding ortho intramolecular Hbond substituents is 1. The van der Waals surface area contributed by atoms with Gasteiger partial charge in [-0.05, 0) is 17.7 Å². The monoisotopic (exact) mass is 298 g/mol. The number of aromatic hydroxyl groups is 1. The summed E-state index contributed by atoms with van der Waals surface area (Å²) in [4.78, 5) is 0. The molecule has 0 aliphatic rings. The van der Waals surface area contributed by atoms with Crippen molar-refractivity contribution in [2.75, 3.05) is 0 Å². The average molecular weight is 299 g/mol. The van der Waals surface area contributed by atoms with E-state index in [4.69, 9.17) is 11.6 Å². The molecule has 0 unspecified atom stereocenters. The maximum Gasteiger partial charge on any atom is 0.132 e. The molecule has 0 aromatic heterocycles. The van der Waals surface area contributed by atoms with E-state index in [0.29, 0.717) is 11.1 Å². The van der Waals surface area contributed by atoms with E-state index < -0.39 is 5.82 Å². The molecule has 3 aromatic rings. The van der Waals surface area contributed by atoms with E-state index in [0.717, 1.165) is 5.56 Å². The van der Waals surface area contributed by atoms with Gasteiger partial charge in [0.1, 0.15) is 11.6 Å². The number of benzene rings is 3. The Bertz CT molecular complexity index is 764. The highest BCUT2D eigenvalue weighted by Gasteiger charge is 2.16. The second-order valence-corrected chi connectivity index (χ2v) is 5.07. The topological polar surface area (TPSA) is 20.2 Å². The van der Waals surface area contributed by atoms with Crippen LogP contribution in [0.25, 0.3) is 22.3 Å². The van der Waals surface area contributed by atoms with Crippen LogP contribution in [0.2, 0.25) is 5.02 Å². The molecule has 0 aliphatic heterocycles. The van der Waals surface area contributed by atoms with Crippen molar-refractivity contribution in [2.24, 2.45) is 0 Å². The molecular formula is C18H12ClFO. The van der Waals surface area contributed by atoms with Crippen LogP contribution in [-0.4, -0.2) is 5.11 Å². The first-order valence-corrected chi connectivity index (χ1v) is 6.88. The lowest BCUT2D eigenvalue weighted by Crippen LogP contribution is -1.88. The number of hydrogen-bond acceptors (Lipinski definition) is 1. The highest BCUT2D eigenvalue weighted by Crippen LogP contribution is 2.41. The molecule has 0 saturated carbocycles. The second kappa shape index (κ2) is 5.58. The van der Waals surface area contributed by atoms with Crippen LogP contribution in [0, 0.1) is 5.82 Å². The van der Waals surface area contributed by atoms with Crippen LogP contribution in [0.3, 0.4) is 0 Å². The van der Waals surface area contributed by atoms with Crippen LogP contribution in [0.15, 0.2) is 66.7 Å². The zero-order chi connectivity index (χ0) is 14.8. The van der Waals surface area contributed by atoms with Gasteiger partial charge in [0, 0.05) is 16.7 Å². The van der Waals surface area contributed by atoms with E-state index in [1.807, 2.05) is 30.3 Å². The Morgan fingerprint density at radius 2 is 1.43 bits per heavy atom. The molecule has 1 N–H and O–H groups in total. The molecule has 0 bridgehead atoms. The SMILES string of the molecule is Oc1c(-c2ccccc2)cccc1-c1c(F)cccc1Cl. The van der Waals surface area contributed by atoms with Crippen molar-refractivity contribution < 1.29 is 9.50 Å². The minimum Gasteiger partial charge on any atom is -0.507 e. The van der Waals surface area contributed by atoms with Crippen LogP contribution in [-0.2, 0) is 0 Å². The number of rotatable bonds is 2. The Morgan fingerprint density at radius 1 is 0.762 bits per heavy atom. The van der Waals surface area contributed by atoms with Gasteiger partial charge in [-0.1, -0.05) is 66.2 Å². The summed E-state index contributed by atoms with van der Waals surface area (Å²) >= 11 is 6.08. The van der Waals surface area contributed by atoms with Gasteiger partial charge in [0.15, 0.2) is 0 Å². The lowest BCUT2D eigenvalue weighted by Gasteiger charge is -2.12. The normalized spacial score (nSPS) is 10.6. The zero-order valence-corrected chi connectivity index (χ0v) is 11.8. The summed E-state index contributed by atoms with van der Waals surface area (Å²) in [6.45, 7) is 0. The van der Waals surface area contributed by atoms with Crippen molar-refractivity contribution in [3.05, 3.63) is 77.6 Å². The molecule has 0 amide bonds.